The van der Waals surface area contributed by atoms with Crippen LogP contribution in [-0.2, 0) is 16.0 Å². The van der Waals surface area contributed by atoms with Gasteiger partial charge in [-0.05, 0) is 40.5 Å². The molecule has 0 saturated carbocycles. The molecule has 4 nitrogen and oxygen atoms in total. The van der Waals surface area contributed by atoms with Crippen LogP contribution in [0.1, 0.15) is 18.1 Å². The number of halogens is 4. The molecule has 8 heteroatoms. The van der Waals surface area contributed by atoms with Crippen molar-refractivity contribution >= 4 is 62.4 Å². The van der Waals surface area contributed by atoms with Gasteiger partial charge in [-0.25, -0.2) is 4.98 Å². The number of aromatic nitrogens is 1. The Morgan fingerprint density at radius 2 is 2.08 bits per heavy atom. The zero-order chi connectivity index (χ0) is 18.4. The summed E-state index contributed by atoms with van der Waals surface area (Å²) in [6.07, 6.45) is 1.93. The number of hydrogen-bond donors (Lipinski definition) is 0. The van der Waals surface area contributed by atoms with E-state index in [9.17, 15) is 4.79 Å². The number of esters is 1. The van der Waals surface area contributed by atoms with Crippen LogP contribution in [0.4, 0.5) is 0 Å². The van der Waals surface area contributed by atoms with E-state index in [-0.39, 0.29) is 11.7 Å². The maximum Gasteiger partial charge on any atom is 0.327 e. The van der Waals surface area contributed by atoms with Crippen LogP contribution in [0, 0.1) is 0 Å². The summed E-state index contributed by atoms with van der Waals surface area (Å²) in [5.41, 5.74) is 1.94. The van der Waals surface area contributed by atoms with Crippen molar-refractivity contribution in [3.8, 4) is 0 Å². The van der Waals surface area contributed by atoms with Gasteiger partial charge in [0.15, 0.2) is 0 Å². The van der Waals surface area contributed by atoms with Gasteiger partial charge in [-0.1, -0.05) is 46.9 Å². The van der Waals surface area contributed by atoms with E-state index in [0.29, 0.717) is 34.3 Å². The lowest BCUT2D eigenvalue weighted by Crippen LogP contribution is -2.13. The predicted molar refractivity (Wildman–Crippen MR) is 105 cm³/mol. The molecule has 0 N–H and O–H groups in total. The standard InChI is InChI=1S/C17H14BrCl3N2O2/c1-2-25-15(24)9-22-14(12-7-11(18)8-23-17(12)21)6-10-4-3-5-13(19)16(10)20/h3-5,7-8H,2,6,9H2,1H3. The van der Waals surface area contributed by atoms with E-state index < -0.39 is 5.97 Å². The van der Waals surface area contributed by atoms with Crippen molar-refractivity contribution in [1.29, 1.82) is 0 Å². The molecule has 0 aliphatic heterocycles. The van der Waals surface area contributed by atoms with Crippen LogP contribution in [0.3, 0.4) is 0 Å². The summed E-state index contributed by atoms with van der Waals surface area (Å²) in [5.74, 6) is -0.420. The first-order chi connectivity index (χ1) is 11.9. The average molecular weight is 465 g/mol. The second-order valence-electron chi connectivity index (χ2n) is 4.95. The lowest BCUT2D eigenvalue weighted by molar-refractivity contribution is -0.141. The topological polar surface area (TPSA) is 51.5 Å². The number of carbonyl (C=O) groups is 1. The minimum atomic E-state index is -0.420. The molecule has 0 bridgehead atoms. The van der Waals surface area contributed by atoms with E-state index in [0.717, 1.165) is 10.0 Å². The molecule has 2 aromatic rings. The highest BCUT2D eigenvalue weighted by Crippen LogP contribution is 2.28. The number of rotatable bonds is 6. The number of hydrogen-bond acceptors (Lipinski definition) is 4. The van der Waals surface area contributed by atoms with E-state index >= 15 is 0 Å². The number of pyridine rings is 1. The molecule has 0 radical (unpaired) electrons. The Hall–Kier alpha value is -1.14. The van der Waals surface area contributed by atoms with Gasteiger partial charge in [-0.2, -0.15) is 0 Å². The second-order valence-corrected chi connectivity index (χ2v) is 7.01. The van der Waals surface area contributed by atoms with E-state index in [4.69, 9.17) is 39.5 Å². The van der Waals surface area contributed by atoms with Crippen LogP contribution in [0.5, 0.6) is 0 Å². The molecule has 25 heavy (non-hydrogen) atoms. The molecular formula is C17H14BrCl3N2O2. The molecule has 0 fully saturated rings. The first-order valence-corrected chi connectivity index (χ1v) is 9.28. The van der Waals surface area contributed by atoms with Gasteiger partial charge >= 0.3 is 5.97 Å². The zero-order valence-electron chi connectivity index (χ0n) is 13.2. The third-order valence-corrected chi connectivity index (χ3v) is 4.80. The summed E-state index contributed by atoms with van der Waals surface area (Å²) in [5, 5.41) is 1.17. The number of benzene rings is 1. The normalized spacial score (nSPS) is 11.5. The second kappa shape index (κ2) is 9.53. The van der Waals surface area contributed by atoms with Gasteiger partial charge in [0.25, 0.3) is 0 Å². The summed E-state index contributed by atoms with van der Waals surface area (Å²) in [7, 11) is 0. The highest BCUT2D eigenvalue weighted by molar-refractivity contribution is 9.10. The van der Waals surface area contributed by atoms with Crippen molar-refractivity contribution in [3.05, 3.63) is 61.3 Å². The fraction of sp³-hybridized carbons (Fsp3) is 0.235. The lowest BCUT2D eigenvalue weighted by atomic mass is 10.0. The van der Waals surface area contributed by atoms with Gasteiger partial charge in [0.2, 0.25) is 0 Å². The van der Waals surface area contributed by atoms with E-state index in [2.05, 4.69) is 25.9 Å². The van der Waals surface area contributed by atoms with Crippen LogP contribution in [-0.4, -0.2) is 29.8 Å². The maximum absolute atomic E-state index is 11.7. The van der Waals surface area contributed by atoms with Crippen LogP contribution in [0.15, 0.2) is 39.9 Å². The Bertz CT molecular complexity index is 812. The molecule has 1 aromatic carbocycles. The quantitative estimate of drug-likeness (QED) is 0.327. The molecule has 132 valence electrons. The third-order valence-electron chi connectivity index (χ3n) is 3.21. The summed E-state index contributed by atoms with van der Waals surface area (Å²) < 4.78 is 5.67. The minimum absolute atomic E-state index is 0.121. The number of carbonyl (C=O) groups excluding carboxylic acids is 1. The Morgan fingerprint density at radius 1 is 1.32 bits per heavy atom. The summed E-state index contributed by atoms with van der Waals surface area (Å²) in [6, 6.07) is 7.13. The molecule has 0 saturated heterocycles. The number of aliphatic imine (C=N–C) groups is 1. The predicted octanol–water partition coefficient (Wildman–Crippen LogP) is 5.40. The van der Waals surface area contributed by atoms with Crippen molar-refractivity contribution in [2.24, 2.45) is 4.99 Å². The average Bonchev–Trinajstić information content (AvgIpc) is 2.58. The van der Waals surface area contributed by atoms with Crippen LogP contribution < -0.4 is 0 Å². The molecule has 0 unspecified atom stereocenters. The van der Waals surface area contributed by atoms with E-state index in [1.54, 1.807) is 31.3 Å². The molecule has 0 atom stereocenters. The van der Waals surface area contributed by atoms with Crippen LogP contribution >= 0.6 is 50.7 Å². The van der Waals surface area contributed by atoms with Crippen LogP contribution in [0.25, 0.3) is 0 Å². The van der Waals surface area contributed by atoms with E-state index in [1.165, 1.54) is 0 Å². The van der Waals surface area contributed by atoms with Gasteiger partial charge in [0.1, 0.15) is 11.7 Å². The summed E-state index contributed by atoms with van der Waals surface area (Å²) in [6.45, 7) is 1.91. The number of ether oxygens (including phenoxy) is 1. The fourth-order valence-electron chi connectivity index (χ4n) is 2.09. The van der Waals surface area contributed by atoms with Gasteiger partial charge in [0, 0.05) is 22.7 Å². The molecule has 0 aliphatic rings. The first kappa shape index (κ1) is 20.2. The molecule has 0 amide bonds. The zero-order valence-corrected chi connectivity index (χ0v) is 17.1. The van der Waals surface area contributed by atoms with Gasteiger partial charge in [-0.15, -0.1) is 0 Å². The van der Waals surface area contributed by atoms with Crippen molar-refractivity contribution in [1.82, 2.24) is 4.98 Å². The lowest BCUT2D eigenvalue weighted by Gasteiger charge is -2.11. The fourth-order valence-corrected chi connectivity index (χ4v) is 3.02. The van der Waals surface area contributed by atoms with Crippen molar-refractivity contribution < 1.29 is 9.53 Å². The molecule has 1 heterocycles. The van der Waals surface area contributed by atoms with Gasteiger partial charge in [-0.3, -0.25) is 9.79 Å². The smallest absolute Gasteiger partial charge is 0.327 e. The molecular weight excluding hydrogens is 450 g/mol. The Kier molecular flexibility index (Phi) is 7.69. The van der Waals surface area contributed by atoms with Crippen molar-refractivity contribution in [3.63, 3.8) is 0 Å². The highest BCUT2D eigenvalue weighted by atomic mass is 79.9. The third kappa shape index (κ3) is 5.68. The van der Waals surface area contributed by atoms with Crippen molar-refractivity contribution in [2.75, 3.05) is 13.2 Å². The Morgan fingerprint density at radius 3 is 2.80 bits per heavy atom. The van der Waals surface area contributed by atoms with Crippen LogP contribution in [0.2, 0.25) is 15.2 Å². The monoisotopic (exact) mass is 462 g/mol. The minimum Gasteiger partial charge on any atom is -0.465 e. The first-order valence-electron chi connectivity index (χ1n) is 7.35. The van der Waals surface area contributed by atoms with Gasteiger partial charge < -0.3 is 4.74 Å². The summed E-state index contributed by atoms with van der Waals surface area (Å²) in [4.78, 5) is 20.2. The number of nitrogens with zero attached hydrogens (tertiary/aromatic N) is 2. The Labute approximate surface area is 169 Å². The molecule has 0 aliphatic carbocycles. The van der Waals surface area contributed by atoms with Crippen molar-refractivity contribution in [2.45, 2.75) is 13.3 Å². The maximum atomic E-state index is 11.7. The SMILES string of the molecule is CCOC(=O)CN=C(Cc1cccc(Cl)c1Cl)c1cc(Br)cnc1Cl. The molecule has 0 spiro atoms. The largest absolute Gasteiger partial charge is 0.465 e. The highest BCUT2D eigenvalue weighted by Gasteiger charge is 2.15. The van der Waals surface area contributed by atoms with E-state index in [1.807, 2.05) is 6.07 Å². The molecule has 1 aromatic heterocycles. The Balaban J connectivity index is 2.41. The molecule has 2 rings (SSSR count). The summed E-state index contributed by atoms with van der Waals surface area (Å²) >= 11 is 21.9. The van der Waals surface area contributed by atoms with Gasteiger partial charge in [0.05, 0.1) is 22.4 Å².